The van der Waals surface area contributed by atoms with E-state index in [1.807, 2.05) is 0 Å². The van der Waals surface area contributed by atoms with Crippen molar-refractivity contribution >= 4 is 6.29 Å². The number of carbonyl (C=O) groups excluding carboxylic acids is 1. The van der Waals surface area contributed by atoms with Gasteiger partial charge in [-0.25, -0.2) is 5.11 Å². The summed E-state index contributed by atoms with van der Waals surface area (Å²) in [4.78, 5) is 9.87. The van der Waals surface area contributed by atoms with E-state index in [0.29, 0.717) is 18.6 Å². The Morgan fingerprint density at radius 1 is 1.30 bits per heavy atom. The van der Waals surface area contributed by atoms with E-state index in [-0.39, 0.29) is 0 Å². The summed E-state index contributed by atoms with van der Waals surface area (Å²) in [7, 11) is 0. The molecule has 0 bridgehead atoms. The molecule has 0 rings (SSSR count). The SMILES string of the molecule is CC(C)CCCC([O])C=O. The Kier molecular flexibility index (Phi) is 5.22. The average molecular weight is 143 g/mol. The van der Waals surface area contributed by atoms with Crippen LogP contribution in [0.2, 0.25) is 0 Å². The number of aldehydes is 1. The zero-order valence-corrected chi connectivity index (χ0v) is 6.67. The Morgan fingerprint density at radius 3 is 2.30 bits per heavy atom. The van der Waals surface area contributed by atoms with Crippen molar-refractivity contribution in [2.75, 3.05) is 0 Å². The van der Waals surface area contributed by atoms with Gasteiger partial charge in [0.05, 0.1) is 0 Å². The highest BCUT2D eigenvalue weighted by Gasteiger charge is 2.03. The second-order valence-electron chi connectivity index (χ2n) is 3.00. The highest BCUT2D eigenvalue weighted by atomic mass is 16.3. The summed E-state index contributed by atoms with van der Waals surface area (Å²) in [5.74, 6) is 0.638. The van der Waals surface area contributed by atoms with Gasteiger partial charge in [-0.15, -0.1) is 0 Å². The van der Waals surface area contributed by atoms with Crippen molar-refractivity contribution in [2.24, 2.45) is 5.92 Å². The lowest BCUT2D eigenvalue weighted by Gasteiger charge is -2.03. The summed E-state index contributed by atoms with van der Waals surface area (Å²) in [5.41, 5.74) is 0. The van der Waals surface area contributed by atoms with Gasteiger partial charge in [0, 0.05) is 0 Å². The molecule has 2 nitrogen and oxygen atoms in total. The number of carbonyl (C=O) groups is 1. The van der Waals surface area contributed by atoms with E-state index in [1.165, 1.54) is 0 Å². The van der Waals surface area contributed by atoms with Crippen molar-refractivity contribution in [2.45, 2.75) is 39.2 Å². The van der Waals surface area contributed by atoms with Gasteiger partial charge in [0.15, 0.2) is 6.29 Å². The largest absolute Gasteiger partial charge is 0.300 e. The lowest BCUT2D eigenvalue weighted by molar-refractivity contribution is -0.118. The van der Waals surface area contributed by atoms with E-state index >= 15 is 0 Å². The third-order valence-corrected chi connectivity index (χ3v) is 1.42. The summed E-state index contributed by atoms with van der Waals surface area (Å²) in [6, 6.07) is 0. The molecule has 0 spiro atoms. The fraction of sp³-hybridized carbons (Fsp3) is 0.875. The number of hydrogen-bond donors (Lipinski definition) is 0. The molecule has 2 heteroatoms. The highest BCUT2D eigenvalue weighted by molar-refractivity contribution is 5.55. The third-order valence-electron chi connectivity index (χ3n) is 1.42. The van der Waals surface area contributed by atoms with E-state index in [2.05, 4.69) is 13.8 Å². The van der Waals surface area contributed by atoms with Crippen LogP contribution in [0.5, 0.6) is 0 Å². The van der Waals surface area contributed by atoms with Gasteiger partial charge < -0.3 is 4.79 Å². The molecule has 0 saturated heterocycles. The van der Waals surface area contributed by atoms with Gasteiger partial charge in [-0.2, -0.15) is 0 Å². The second kappa shape index (κ2) is 5.42. The van der Waals surface area contributed by atoms with Gasteiger partial charge >= 0.3 is 0 Å². The zero-order valence-electron chi connectivity index (χ0n) is 6.67. The molecule has 0 aromatic carbocycles. The lowest BCUT2D eigenvalue weighted by Crippen LogP contribution is -2.05. The quantitative estimate of drug-likeness (QED) is 0.541. The van der Waals surface area contributed by atoms with Crippen LogP contribution in [-0.4, -0.2) is 12.4 Å². The van der Waals surface area contributed by atoms with Crippen molar-refractivity contribution in [3.05, 3.63) is 0 Å². The molecule has 0 fully saturated rings. The van der Waals surface area contributed by atoms with E-state index in [0.717, 1.165) is 12.8 Å². The maximum atomic E-state index is 10.5. The molecule has 0 aliphatic carbocycles. The Hall–Kier alpha value is -0.370. The molecule has 10 heavy (non-hydrogen) atoms. The molecular formula is C8H15O2. The standard InChI is InChI=1S/C8H15O2/c1-7(2)4-3-5-8(10)6-9/h6-8H,3-5H2,1-2H3. The molecule has 0 amide bonds. The molecule has 0 saturated carbocycles. The van der Waals surface area contributed by atoms with Crippen molar-refractivity contribution < 1.29 is 9.90 Å². The van der Waals surface area contributed by atoms with Gasteiger partial charge in [0.2, 0.25) is 0 Å². The van der Waals surface area contributed by atoms with Crippen molar-refractivity contribution in [1.29, 1.82) is 0 Å². The predicted molar refractivity (Wildman–Crippen MR) is 39.2 cm³/mol. The fourth-order valence-corrected chi connectivity index (χ4v) is 0.795. The van der Waals surface area contributed by atoms with Crippen molar-refractivity contribution in [3.63, 3.8) is 0 Å². The minimum atomic E-state index is -0.987. The molecular weight excluding hydrogens is 128 g/mol. The van der Waals surface area contributed by atoms with Crippen LogP contribution in [0.1, 0.15) is 33.1 Å². The summed E-state index contributed by atoms with van der Waals surface area (Å²) in [6.45, 7) is 4.22. The van der Waals surface area contributed by atoms with Gasteiger partial charge in [0.1, 0.15) is 6.10 Å². The predicted octanol–water partition coefficient (Wildman–Crippen LogP) is 1.81. The Balaban J connectivity index is 3.11. The summed E-state index contributed by atoms with van der Waals surface area (Å²) in [5, 5.41) is 10.5. The first-order valence-corrected chi connectivity index (χ1v) is 3.78. The first-order valence-electron chi connectivity index (χ1n) is 3.78. The van der Waals surface area contributed by atoms with Crippen molar-refractivity contribution in [1.82, 2.24) is 0 Å². The minimum Gasteiger partial charge on any atom is -0.300 e. The molecule has 1 radical (unpaired) electrons. The smallest absolute Gasteiger partial charge is 0.152 e. The molecule has 0 aliphatic rings. The fourth-order valence-electron chi connectivity index (χ4n) is 0.795. The average Bonchev–Trinajstić information content (AvgIpc) is 1.87. The maximum absolute atomic E-state index is 10.5. The van der Waals surface area contributed by atoms with E-state index in [1.54, 1.807) is 0 Å². The van der Waals surface area contributed by atoms with Crippen LogP contribution >= 0.6 is 0 Å². The second-order valence-corrected chi connectivity index (χ2v) is 3.00. The molecule has 0 aromatic heterocycles. The van der Waals surface area contributed by atoms with E-state index < -0.39 is 6.10 Å². The van der Waals surface area contributed by atoms with E-state index in [4.69, 9.17) is 0 Å². The minimum absolute atomic E-state index is 0.486. The third kappa shape index (κ3) is 5.76. The summed E-state index contributed by atoms with van der Waals surface area (Å²) >= 11 is 0. The summed E-state index contributed by atoms with van der Waals surface area (Å²) in [6.07, 6.45) is 1.93. The first kappa shape index (κ1) is 9.63. The number of rotatable bonds is 5. The van der Waals surface area contributed by atoms with Crippen LogP contribution in [0, 0.1) is 5.92 Å². The van der Waals surface area contributed by atoms with Crippen LogP contribution in [0.3, 0.4) is 0 Å². The van der Waals surface area contributed by atoms with Crippen LogP contribution in [-0.2, 0) is 9.90 Å². The molecule has 59 valence electrons. The van der Waals surface area contributed by atoms with Crippen LogP contribution < -0.4 is 0 Å². The van der Waals surface area contributed by atoms with Gasteiger partial charge in [-0.05, 0) is 12.3 Å². The molecule has 0 heterocycles. The maximum Gasteiger partial charge on any atom is 0.152 e. The summed E-state index contributed by atoms with van der Waals surface area (Å²) < 4.78 is 0. The van der Waals surface area contributed by atoms with E-state index in [9.17, 15) is 9.90 Å². The van der Waals surface area contributed by atoms with Crippen molar-refractivity contribution in [3.8, 4) is 0 Å². The topological polar surface area (TPSA) is 37.0 Å². The monoisotopic (exact) mass is 143 g/mol. The first-order chi connectivity index (χ1) is 4.66. The number of hydrogen-bond acceptors (Lipinski definition) is 1. The van der Waals surface area contributed by atoms with Crippen LogP contribution in [0.25, 0.3) is 0 Å². The van der Waals surface area contributed by atoms with Crippen LogP contribution in [0.15, 0.2) is 0 Å². The van der Waals surface area contributed by atoms with Gasteiger partial charge in [-0.1, -0.05) is 26.7 Å². The molecule has 0 N–H and O–H groups in total. The van der Waals surface area contributed by atoms with Crippen LogP contribution in [0.4, 0.5) is 0 Å². The molecule has 0 aliphatic heterocycles. The Bertz CT molecular complexity index is 89.3. The van der Waals surface area contributed by atoms with Gasteiger partial charge in [0.25, 0.3) is 0 Å². The normalized spacial score (nSPS) is 13.6. The lowest BCUT2D eigenvalue weighted by atomic mass is 10.0. The Labute approximate surface area is 62.2 Å². The molecule has 1 atom stereocenters. The Morgan fingerprint density at radius 2 is 1.90 bits per heavy atom. The molecule has 0 aromatic rings. The molecule has 1 unspecified atom stereocenters. The highest BCUT2D eigenvalue weighted by Crippen LogP contribution is 2.07. The zero-order chi connectivity index (χ0) is 7.98. The van der Waals surface area contributed by atoms with Gasteiger partial charge in [-0.3, -0.25) is 0 Å².